The summed E-state index contributed by atoms with van der Waals surface area (Å²) in [6.07, 6.45) is -0.203. The number of nitrogens with two attached hydrogens (primary N) is 1. The largest absolute Gasteiger partial charge is 0.469 e. The summed E-state index contributed by atoms with van der Waals surface area (Å²) in [4.78, 5) is 10.9. The van der Waals surface area contributed by atoms with Crippen LogP contribution < -0.4 is 10.5 Å². The van der Waals surface area contributed by atoms with Gasteiger partial charge in [-0.3, -0.25) is 9.52 Å². The van der Waals surface area contributed by atoms with Crippen LogP contribution in [0.15, 0.2) is 22.7 Å². The van der Waals surface area contributed by atoms with Crippen LogP contribution in [0.4, 0.5) is 11.4 Å². The Morgan fingerprint density at radius 3 is 2.78 bits per heavy atom. The number of carbonyl (C=O) groups excluding carboxylic acids is 1. The van der Waals surface area contributed by atoms with Crippen LogP contribution in [0.25, 0.3) is 0 Å². The predicted molar refractivity (Wildman–Crippen MR) is 72.6 cm³/mol. The highest BCUT2D eigenvalue weighted by atomic mass is 79.9. The van der Waals surface area contributed by atoms with E-state index in [1.54, 1.807) is 12.1 Å². The molecule has 0 aliphatic carbocycles. The number of nitrogen functional groups attached to an aromatic ring is 1. The minimum Gasteiger partial charge on any atom is -0.469 e. The van der Waals surface area contributed by atoms with Crippen molar-refractivity contribution in [1.82, 2.24) is 0 Å². The summed E-state index contributed by atoms with van der Waals surface area (Å²) in [5, 5.41) is 0. The van der Waals surface area contributed by atoms with Crippen molar-refractivity contribution in [3.8, 4) is 0 Å². The molecule has 0 spiro atoms. The molecule has 0 heterocycles. The maximum Gasteiger partial charge on any atom is 0.306 e. The van der Waals surface area contributed by atoms with E-state index in [1.165, 1.54) is 13.2 Å². The minimum absolute atomic E-state index is 0.203. The number of anilines is 2. The molecule has 6 nitrogen and oxygen atoms in total. The number of benzene rings is 1. The number of ether oxygens (including phenoxy) is 1. The van der Waals surface area contributed by atoms with Crippen LogP contribution in [0.3, 0.4) is 0 Å². The maximum absolute atomic E-state index is 11.7. The molecule has 0 amide bonds. The number of sulfonamides is 1. The molecule has 1 aromatic carbocycles. The molecule has 0 saturated heterocycles. The van der Waals surface area contributed by atoms with Crippen LogP contribution in [-0.2, 0) is 19.6 Å². The highest BCUT2D eigenvalue weighted by Crippen LogP contribution is 2.25. The molecule has 1 aromatic rings. The first kappa shape index (κ1) is 14.8. The lowest BCUT2D eigenvalue weighted by Crippen LogP contribution is -2.19. The van der Waals surface area contributed by atoms with Gasteiger partial charge in [0.15, 0.2) is 0 Å². The Hall–Kier alpha value is -1.28. The second kappa shape index (κ2) is 6.05. The molecule has 0 bridgehead atoms. The average Bonchev–Trinajstić information content (AvgIpc) is 2.30. The minimum atomic E-state index is -3.62. The van der Waals surface area contributed by atoms with Crippen LogP contribution in [0.2, 0.25) is 0 Å². The Morgan fingerprint density at radius 1 is 1.50 bits per heavy atom. The number of halogens is 1. The maximum atomic E-state index is 11.7. The first-order valence-electron chi connectivity index (χ1n) is 4.96. The third-order valence-corrected chi connectivity index (χ3v) is 4.02. The van der Waals surface area contributed by atoms with Gasteiger partial charge in [-0.1, -0.05) is 0 Å². The second-order valence-electron chi connectivity index (χ2n) is 3.49. The summed E-state index contributed by atoms with van der Waals surface area (Å²) < 4.78 is 30.7. The summed E-state index contributed by atoms with van der Waals surface area (Å²) in [6.45, 7) is 0. The Kier molecular flexibility index (Phi) is 4.97. The number of nitrogens with one attached hydrogen (secondary N) is 1. The molecule has 100 valence electrons. The van der Waals surface area contributed by atoms with Crippen LogP contribution in [0, 0.1) is 0 Å². The van der Waals surface area contributed by atoms with Crippen molar-refractivity contribution in [2.75, 3.05) is 23.3 Å². The predicted octanol–water partition coefficient (Wildman–Crippen LogP) is 1.34. The smallest absolute Gasteiger partial charge is 0.306 e. The van der Waals surface area contributed by atoms with Crippen molar-refractivity contribution in [1.29, 1.82) is 0 Å². The van der Waals surface area contributed by atoms with E-state index in [4.69, 9.17) is 5.73 Å². The number of methoxy groups -OCH3 is 1. The molecule has 0 radical (unpaired) electrons. The highest BCUT2D eigenvalue weighted by molar-refractivity contribution is 9.10. The fourth-order valence-electron chi connectivity index (χ4n) is 1.16. The lowest BCUT2D eigenvalue weighted by molar-refractivity contribution is -0.140. The van der Waals surface area contributed by atoms with E-state index in [9.17, 15) is 13.2 Å². The van der Waals surface area contributed by atoms with E-state index < -0.39 is 16.0 Å². The first-order valence-corrected chi connectivity index (χ1v) is 7.41. The lowest BCUT2D eigenvalue weighted by Gasteiger charge is -2.09. The number of esters is 1. The van der Waals surface area contributed by atoms with Crippen molar-refractivity contribution < 1.29 is 17.9 Å². The van der Waals surface area contributed by atoms with Gasteiger partial charge in [0.05, 0.1) is 25.0 Å². The topological polar surface area (TPSA) is 98.5 Å². The van der Waals surface area contributed by atoms with Gasteiger partial charge in [-0.15, -0.1) is 0 Å². The monoisotopic (exact) mass is 336 g/mol. The van der Waals surface area contributed by atoms with Crippen molar-refractivity contribution in [3.63, 3.8) is 0 Å². The van der Waals surface area contributed by atoms with Gasteiger partial charge in [0, 0.05) is 10.2 Å². The van der Waals surface area contributed by atoms with Gasteiger partial charge in [-0.2, -0.15) is 0 Å². The molecule has 1 rings (SSSR count). The van der Waals surface area contributed by atoms with E-state index in [-0.39, 0.29) is 12.2 Å². The third-order valence-electron chi connectivity index (χ3n) is 2.06. The molecule has 0 atom stereocenters. The highest BCUT2D eigenvalue weighted by Gasteiger charge is 2.15. The Labute approximate surface area is 114 Å². The summed E-state index contributed by atoms with van der Waals surface area (Å²) in [5.74, 6) is -0.923. The Morgan fingerprint density at radius 2 is 2.17 bits per heavy atom. The second-order valence-corrected chi connectivity index (χ2v) is 6.18. The van der Waals surface area contributed by atoms with E-state index in [0.29, 0.717) is 15.8 Å². The third kappa shape index (κ3) is 4.53. The van der Waals surface area contributed by atoms with Crippen molar-refractivity contribution >= 4 is 43.3 Å². The number of hydrogen-bond acceptors (Lipinski definition) is 5. The van der Waals surface area contributed by atoms with Crippen molar-refractivity contribution in [2.24, 2.45) is 0 Å². The number of carbonyl (C=O) groups is 1. The van der Waals surface area contributed by atoms with Gasteiger partial charge in [-0.25, -0.2) is 8.42 Å². The van der Waals surface area contributed by atoms with E-state index in [0.717, 1.165) is 0 Å². The molecular weight excluding hydrogens is 324 g/mol. The molecule has 0 aliphatic rings. The van der Waals surface area contributed by atoms with Crippen LogP contribution in [0.5, 0.6) is 0 Å². The average molecular weight is 337 g/mol. The SMILES string of the molecule is COC(=O)CCS(=O)(=O)Nc1cc(N)ccc1Br. The number of rotatable bonds is 5. The molecule has 0 aliphatic heterocycles. The van der Waals surface area contributed by atoms with Crippen LogP contribution in [-0.4, -0.2) is 27.2 Å². The zero-order chi connectivity index (χ0) is 13.8. The quantitative estimate of drug-likeness (QED) is 0.624. The van der Waals surface area contributed by atoms with Gasteiger partial charge in [0.1, 0.15) is 0 Å². The fourth-order valence-corrected chi connectivity index (χ4v) is 2.68. The molecule has 0 saturated carbocycles. The lowest BCUT2D eigenvalue weighted by atomic mass is 10.3. The Bertz CT molecular complexity index is 545. The summed E-state index contributed by atoms with van der Waals surface area (Å²) in [7, 11) is -2.41. The number of hydrogen-bond donors (Lipinski definition) is 2. The summed E-state index contributed by atoms with van der Waals surface area (Å²) >= 11 is 3.20. The van der Waals surface area contributed by atoms with E-state index in [1.807, 2.05) is 0 Å². The molecule has 18 heavy (non-hydrogen) atoms. The molecule has 0 unspecified atom stereocenters. The van der Waals surface area contributed by atoms with Gasteiger partial charge >= 0.3 is 5.97 Å². The normalized spacial score (nSPS) is 11.0. The van der Waals surface area contributed by atoms with Crippen LogP contribution in [0.1, 0.15) is 6.42 Å². The van der Waals surface area contributed by atoms with Crippen LogP contribution >= 0.6 is 15.9 Å². The molecule has 0 aromatic heterocycles. The van der Waals surface area contributed by atoms with E-state index in [2.05, 4.69) is 25.4 Å². The molecule has 0 fully saturated rings. The van der Waals surface area contributed by atoms with Gasteiger partial charge in [0.2, 0.25) is 10.0 Å². The molecular formula is C10H13BrN2O4S. The summed E-state index contributed by atoms with van der Waals surface area (Å²) in [5.41, 5.74) is 6.33. The standard InChI is InChI=1S/C10H13BrN2O4S/c1-17-10(14)4-5-18(15,16)13-9-6-7(12)2-3-8(9)11/h2-3,6,13H,4-5,12H2,1H3. The van der Waals surface area contributed by atoms with Crippen molar-refractivity contribution in [2.45, 2.75) is 6.42 Å². The zero-order valence-corrected chi connectivity index (χ0v) is 12.0. The molecule has 8 heteroatoms. The van der Waals surface area contributed by atoms with Gasteiger partial charge < -0.3 is 10.5 Å². The van der Waals surface area contributed by atoms with Crippen molar-refractivity contribution in [3.05, 3.63) is 22.7 Å². The van der Waals surface area contributed by atoms with E-state index >= 15 is 0 Å². The first-order chi connectivity index (χ1) is 8.34. The fraction of sp³-hybridized carbons (Fsp3) is 0.300. The zero-order valence-electron chi connectivity index (χ0n) is 9.64. The summed E-state index contributed by atoms with van der Waals surface area (Å²) in [6, 6.07) is 4.75. The molecule has 3 N–H and O–H groups in total. The van der Waals surface area contributed by atoms with Gasteiger partial charge in [-0.05, 0) is 34.1 Å². The van der Waals surface area contributed by atoms with Gasteiger partial charge in [0.25, 0.3) is 0 Å². The Balaban J connectivity index is 2.76.